The molecule has 0 saturated heterocycles. The molecule has 0 amide bonds. The van der Waals surface area contributed by atoms with Crippen LogP contribution in [0.4, 0.5) is 0 Å². The third-order valence-corrected chi connectivity index (χ3v) is 3.09. The van der Waals surface area contributed by atoms with E-state index in [0.29, 0.717) is 18.9 Å². The zero-order chi connectivity index (χ0) is 13.5. The van der Waals surface area contributed by atoms with E-state index in [4.69, 9.17) is 5.73 Å². The SMILES string of the molecule is CCCn1ccnc1CC(=O)C(CN)CC(C)C. The van der Waals surface area contributed by atoms with E-state index in [0.717, 1.165) is 25.2 Å². The second kappa shape index (κ2) is 7.31. The van der Waals surface area contributed by atoms with Gasteiger partial charge >= 0.3 is 0 Å². The molecule has 0 bridgehead atoms. The molecule has 1 unspecified atom stereocenters. The highest BCUT2D eigenvalue weighted by Gasteiger charge is 2.20. The highest BCUT2D eigenvalue weighted by molar-refractivity contribution is 5.82. The third-order valence-electron chi connectivity index (χ3n) is 3.09. The van der Waals surface area contributed by atoms with Gasteiger partial charge in [-0.3, -0.25) is 4.79 Å². The third kappa shape index (κ3) is 4.26. The minimum atomic E-state index is -0.0308. The van der Waals surface area contributed by atoms with Crippen LogP contribution in [-0.2, 0) is 17.8 Å². The first-order valence-corrected chi connectivity index (χ1v) is 6.81. The predicted octanol–water partition coefficient (Wildman–Crippen LogP) is 2.03. The molecule has 0 fully saturated rings. The molecule has 1 aromatic rings. The van der Waals surface area contributed by atoms with Gasteiger partial charge in [-0.15, -0.1) is 0 Å². The number of rotatable bonds is 8. The zero-order valence-electron chi connectivity index (χ0n) is 11.7. The molecule has 2 N–H and O–H groups in total. The number of hydrogen-bond donors (Lipinski definition) is 1. The van der Waals surface area contributed by atoms with Crippen molar-refractivity contribution in [1.82, 2.24) is 9.55 Å². The standard InChI is InChI=1S/C14H25N3O/c1-4-6-17-7-5-16-14(17)9-13(18)12(10-15)8-11(2)3/h5,7,11-12H,4,6,8-10,15H2,1-3H3. The average molecular weight is 251 g/mol. The van der Waals surface area contributed by atoms with Crippen molar-refractivity contribution in [3.05, 3.63) is 18.2 Å². The second-order valence-corrected chi connectivity index (χ2v) is 5.24. The lowest BCUT2D eigenvalue weighted by molar-refractivity contribution is -0.122. The Balaban J connectivity index is 2.64. The summed E-state index contributed by atoms with van der Waals surface area (Å²) in [6.45, 7) is 7.71. The summed E-state index contributed by atoms with van der Waals surface area (Å²) >= 11 is 0. The van der Waals surface area contributed by atoms with Gasteiger partial charge in [-0.05, 0) is 18.8 Å². The Morgan fingerprint density at radius 2 is 2.22 bits per heavy atom. The second-order valence-electron chi connectivity index (χ2n) is 5.24. The van der Waals surface area contributed by atoms with Gasteiger partial charge in [0, 0.05) is 31.4 Å². The molecule has 18 heavy (non-hydrogen) atoms. The fourth-order valence-electron chi connectivity index (χ4n) is 2.18. The number of carbonyl (C=O) groups excluding carboxylic acids is 1. The molecular weight excluding hydrogens is 226 g/mol. The van der Waals surface area contributed by atoms with Crippen molar-refractivity contribution in [2.24, 2.45) is 17.6 Å². The van der Waals surface area contributed by atoms with E-state index in [2.05, 4.69) is 30.3 Å². The van der Waals surface area contributed by atoms with E-state index in [1.54, 1.807) is 6.20 Å². The van der Waals surface area contributed by atoms with Crippen LogP contribution in [0.25, 0.3) is 0 Å². The van der Waals surface area contributed by atoms with Gasteiger partial charge in [0.15, 0.2) is 0 Å². The highest BCUT2D eigenvalue weighted by atomic mass is 16.1. The van der Waals surface area contributed by atoms with Gasteiger partial charge in [-0.2, -0.15) is 0 Å². The summed E-state index contributed by atoms with van der Waals surface area (Å²) in [7, 11) is 0. The first-order valence-electron chi connectivity index (χ1n) is 6.81. The Morgan fingerprint density at radius 1 is 1.50 bits per heavy atom. The Morgan fingerprint density at radius 3 is 2.78 bits per heavy atom. The highest BCUT2D eigenvalue weighted by Crippen LogP contribution is 2.14. The number of Topliss-reactive ketones (excluding diaryl/α,β-unsaturated/α-hetero) is 1. The molecule has 4 heteroatoms. The van der Waals surface area contributed by atoms with E-state index in [-0.39, 0.29) is 11.7 Å². The number of aryl methyl sites for hydroxylation is 1. The molecule has 1 rings (SSSR count). The lowest BCUT2D eigenvalue weighted by Crippen LogP contribution is -2.27. The van der Waals surface area contributed by atoms with Crippen LogP contribution in [-0.4, -0.2) is 21.9 Å². The molecular formula is C14H25N3O. The summed E-state index contributed by atoms with van der Waals surface area (Å²) in [5.41, 5.74) is 5.70. The molecule has 1 heterocycles. The average Bonchev–Trinajstić information content (AvgIpc) is 2.73. The van der Waals surface area contributed by atoms with Crippen molar-refractivity contribution in [2.75, 3.05) is 6.54 Å². The van der Waals surface area contributed by atoms with Gasteiger partial charge in [0.25, 0.3) is 0 Å². The van der Waals surface area contributed by atoms with Crippen molar-refractivity contribution in [3.8, 4) is 0 Å². The fourth-order valence-corrected chi connectivity index (χ4v) is 2.18. The summed E-state index contributed by atoms with van der Waals surface area (Å²) in [5, 5.41) is 0. The first-order chi connectivity index (χ1) is 8.58. The van der Waals surface area contributed by atoms with Crippen LogP contribution in [0.1, 0.15) is 39.4 Å². The molecule has 0 saturated carbocycles. The van der Waals surface area contributed by atoms with Crippen LogP contribution in [0, 0.1) is 11.8 Å². The molecule has 0 spiro atoms. The van der Waals surface area contributed by atoms with Crippen LogP contribution >= 0.6 is 0 Å². The number of imidazole rings is 1. The smallest absolute Gasteiger partial charge is 0.144 e. The molecule has 0 radical (unpaired) electrons. The molecule has 1 aromatic heterocycles. The molecule has 1 atom stereocenters. The first kappa shape index (κ1) is 14.9. The Kier molecular flexibility index (Phi) is 6.05. The maximum atomic E-state index is 12.2. The predicted molar refractivity (Wildman–Crippen MR) is 73.2 cm³/mol. The van der Waals surface area contributed by atoms with Crippen LogP contribution in [0.15, 0.2) is 12.4 Å². The number of carbonyl (C=O) groups is 1. The molecule has 0 aliphatic carbocycles. The molecule has 4 nitrogen and oxygen atoms in total. The summed E-state index contributed by atoms with van der Waals surface area (Å²) in [6.07, 6.45) is 6.01. The zero-order valence-corrected chi connectivity index (χ0v) is 11.7. The van der Waals surface area contributed by atoms with E-state index in [1.165, 1.54) is 0 Å². The largest absolute Gasteiger partial charge is 0.335 e. The van der Waals surface area contributed by atoms with Crippen LogP contribution < -0.4 is 5.73 Å². The number of ketones is 1. The van der Waals surface area contributed by atoms with E-state index in [9.17, 15) is 4.79 Å². The fraction of sp³-hybridized carbons (Fsp3) is 0.714. The minimum absolute atomic E-state index is 0.0308. The van der Waals surface area contributed by atoms with Gasteiger partial charge in [-0.1, -0.05) is 20.8 Å². The summed E-state index contributed by atoms with van der Waals surface area (Å²) in [5.74, 6) is 1.55. The van der Waals surface area contributed by atoms with Crippen LogP contribution in [0.5, 0.6) is 0 Å². The van der Waals surface area contributed by atoms with Crippen molar-refractivity contribution in [2.45, 2.75) is 46.6 Å². The monoisotopic (exact) mass is 251 g/mol. The molecule has 0 aliphatic heterocycles. The maximum Gasteiger partial charge on any atom is 0.144 e. The van der Waals surface area contributed by atoms with Crippen LogP contribution in [0.2, 0.25) is 0 Å². The lowest BCUT2D eigenvalue weighted by Gasteiger charge is -2.16. The summed E-state index contributed by atoms with van der Waals surface area (Å²) in [4.78, 5) is 16.5. The lowest BCUT2D eigenvalue weighted by atomic mass is 9.92. The van der Waals surface area contributed by atoms with Gasteiger partial charge in [-0.25, -0.2) is 4.98 Å². The van der Waals surface area contributed by atoms with Crippen LogP contribution in [0.3, 0.4) is 0 Å². The topological polar surface area (TPSA) is 60.9 Å². The van der Waals surface area contributed by atoms with Gasteiger partial charge < -0.3 is 10.3 Å². The quantitative estimate of drug-likeness (QED) is 0.769. The van der Waals surface area contributed by atoms with Gasteiger partial charge in [0.1, 0.15) is 11.6 Å². The Bertz CT molecular complexity index is 371. The van der Waals surface area contributed by atoms with Crippen molar-refractivity contribution in [3.63, 3.8) is 0 Å². The Labute approximate surface area is 110 Å². The molecule has 0 aromatic carbocycles. The minimum Gasteiger partial charge on any atom is -0.335 e. The van der Waals surface area contributed by atoms with E-state index < -0.39 is 0 Å². The number of aromatic nitrogens is 2. The molecule has 102 valence electrons. The van der Waals surface area contributed by atoms with E-state index in [1.807, 2.05) is 6.20 Å². The summed E-state index contributed by atoms with van der Waals surface area (Å²) < 4.78 is 2.06. The Hall–Kier alpha value is -1.16. The summed E-state index contributed by atoms with van der Waals surface area (Å²) in [6, 6.07) is 0. The van der Waals surface area contributed by atoms with Gasteiger partial charge in [0.05, 0.1) is 6.42 Å². The number of nitrogens with two attached hydrogens (primary N) is 1. The number of nitrogens with zero attached hydrogens (tertiary/aromatic N) is 2. The maximum absolute atomic E-state index is 12.2. The van der Waals surface area contributed by atoms with Gasteiger partial charge in [0.2, 0.25) is 0 Å². The van der Waals surface area contributed by atoms with Crippen molar-refractivity contribution in [1.29, 1.82) is 0 Å². The van der Waals surface area contributed by atoms with Crippen molar-refractivity contribution >= 4 is 5.78 Å². The molecule has 0 aliphatic rings. The van der Waals surface area contributed by atoms with E-state index >= 15 is 0 Å². The number of hydrogen-bond acceptors (Lipinski definition) is 3. The normalized spacial score (nSPS) is 12.9. The van der Waals surface area contributed by atoms with Crippen molar-refractivity contribution < 1.29 is 4.79 Å².